The number of methoxy groups -OCH3 is 1. The van der Waals surface area contributed by atoms with E-state index in [1.165, 1.54) is 19.4 Å². The lowest BCUT2D eigenvalue weighted by atomic mass is 9.90. The highest BCUT2D eigenvalue weighted by atomic mass is 19.4. The molecule has 2 aromatic rings. The third-order valence-corrected chi connectivity index (χ3v) is 10.2. The minimum atomic E-state index is -4.66. The number of aromatic nitrogens is 2. The van der Waals surface area contributed by atoms with Crippen molar-refractivity contribution in [3.8, 4) is 5.75 Å². The van der Waals surface area contributed by atoms with E-state index in [4.69, 9.17) is 4.74 Å². The third kappa shape index (κ3) is 8.46. The number of halogens is 5. The zero-order valence-corrected chi connectivity index (χ0v) is 28.8. The summed E-state index contributed by atoms with van der Waals surface area (Å²) in [6, 6.07) is 2.24. The Labute approximate surface area is 293 Å². The molecule has 12 nitrogen and oxygen atoms in total. The quantitative estimate of drug-likeness (QED) is 0.258. The van der Waals surface area contributed by atoms with Gasteiger partial charge in [-0.1, -0.05) is 6.58 Å². The van der Waals surface area contributed by atoms with Gasteiger partial charge in [-0.3, -0.25) is 14.6 Å². The Balaban J connectivity index is 1.27. The summed E-state index contributed by atoms with van der Waals surface area (Å²) in [7, 11) is 3.63. The standard InChI is InChI=1S/C34H44F5N9O3/c1-4-29(49)41-25-17-26(28(51-3)18-27(25)46-11-7-23(8-12-46)45-15-13-44(2)14-16-45)42-31-40-19-22-20-47(21-34(37,38)39)32(50)48(30(22)43-31)24-5-9-33(35,36)10-6-24/h4,17-19,23-24H,1,5-16,20-21H2,2-3H3,(H,41,49)(H,40,42,43). The van der Waals surface area contributed by atoms with E-state index in [2.05, 4.69) is 48.9 Å². The van der Waals surface area contributed by atoms with Crippen molar-refractivity contribution in [2.75, 3.05) is 80.4 Å². The summed E-state index contributed by atoms with van der Waals surface area (Å²) in [5, 5.41) is 5.97. The summed E-state index contributed by atoms with van der Waals surface area (Å²) >= 11 is 0. The molecule has 6 rings (SSSR count). The van der Waals surface area contributed by atoms with E-state index in [1.54, 1.807) is 6.07 Å². The number of hydrogen-bond acceptors (Lipinski definition) is 9. The minimum Gasteiger partial charge on any atom is -0.494 e. The van der Waals surface area contributed by atoms with Crippen molar-refractivity contribution in [3.63, 3.8) is 0 Å². The fourth-order valence-corrected chi connectivity index (χ4v) is 7.41. The van der Waals surface area contributed by atoms with Crippen molar-refractivity contribution in [2.24, 2.45) is 0 Å². The average Bonchev–Trinajstić information content (AvgIpc) is 3.09. The molecule has 1 aromatic carbocycles. The second kappa shape index (κ2) is 14.8. The fraction of sp³-hybridized carbons (Fsp3) is 0.588. The first-order chi connectivity index (χ1) is 24.2. The Bertz CT molecular complexity index is 1600. The molecule has 0 bridgehead atoms. The number of ether oxygens (including phenoxy) is 1. The molecule has 4 heterocycles. The zero-order chi connectivity index (χ0) is 36.5. The SMILES string of the molecule is C=CC(=O)Nc1cc(Nc2ncc3c(n2)N(C2CCC(F)(F)CC2)C(=O)N(CC(F)(F)F)C3)c(OC)cc1N1CCC(N2CCN(C)CC2)CC1. The Morgan fingerprint density at radius 2 is 1.73 bits per heavy atom. The van der Waals surface area contributed by atoms with Crippen molar-refractivity contribution in [1.82, 2.24) is 24.7 Å². The molecule has 0 radical (unpaired) electrons. The Hall–Kier alpha value is -4.25. The van der Waals surface area contributed by atoms with Gasteiger partial charge in [-0.15, -0.1) is 0 Å². The number of hydrogen-bond donors (Lipinski definition) is 2. The molecule has 278 valence electrons. The van der Waals surface area contributed by atoms with E-state index < -0.39 is 56.0 Å². The monoisotopic (exact) mass is 721 g/mol. The maximum atomic E-state index is 14.1. The number of benzene rings is 1. The number of urea groups is 1. The van der Waals surface area contributed by atoms with E-state index >= 15 is 0 Å². The van der Waals surface area contributed by atoms with Crippen LogP contribution < -0.4 is 25.2 Å². The molecule has 1 aromatic heterocycles. The van der Waals surface area contributed by atoms with Crippen LogP contribution in [0.3, 0.4) is 0 Å². The molecule has 17 heteroatoms. The van der Waals surface area contributed by atoms with Crippen LogP contribution in [0.2, 0.25) is 0 Å². The van der Waals surface area contributed by atoms with Gasteiger partial charge >= 0.3 is 12.2 Å². The number of amides is 3. The molecule has 1 saturated carbocycles. The Morgan fingerprint density at radius 3 is 2.35 bits per heavy atom. The van der Waals surface area contributed by atoms with Crippen molar-refractivity contribution in [1.29, 1.82) is 0 Å². The van der Waals surface area contributed by atoms with Crippen LogP contribution in [0.4, 0.5) is 55.6 Å². The number of likely N-dealkylation sites (N-methyl/N-ethyl adjacent to an activating group) is 1. The number of alkyl halides is 5. The average molecular weight is 722 g/mol. The molecule has 3 fully saturated rings. The number of anilines is 5. The highest BCUT2D eigenvalue weighted by Gasteiger charge is 2.45. The summed E-state index contributed by atoms with van der Waals surface area (Å²) in [5.41, 5.74) is 1.87. The number of carbonyl (C=O) groups excluding carboxylic acids is 2. The number of nitrogens with zero attached hydrogens (tertiary/aromatic N) is 7. The first-order valence-electron chi connectivity index (χ1n) is 17.2. The van der Waals surface area contributed by atoms with Crippen molar-refractivity contribution < 1.29 is 36.3 Å². The van der Waals surface area contributed by atoms with Crippen LogP contribution in [0, 0.1) is 0 Å². The van der Waals surface area contributed by atoms with Crippen LogP contribution in [-0.4, -0.2) is 121 Å². The molecular formula is C34H44F5N9O3. The van der Waals surface area contributed by atoms with E-state index in [-0.39, 0.29) is 30.2 Å². The summed E-state index contributed by atoms with van der Waals surface area (Å²) in [6.07, 6.45) is -1.44. The van der Waals surface area contributed by atoms with Crippen molar-refractivity contribution >= 4 is 40.8 Å². The highest BCUT2D eigenvalue weighted by molar-refractivity contribution is 6.02. The Kier molecular flexibility index (Phi) is 10.6. The van der Waals surface area contributed by atoms with E-state index in [1.807, 2.05) is 6.07 Å². The van der Waals surface area contributed by atoms with Gasteiger partial charge in [-0.05, 0) is 44.9 Å². The van der Waals surface area contributed by atoms with Gasteiger partial charge < -0.3 is 30.1 Å². The first kappa shape index (κ1) is 36.5. The van der Waals surface area contributed by atoms with Gasteiger partial charge in [0.15, 0.2) is 0 Å². The fourth-order valence-electron chi connectivity index (χ4n) is 7.41. The molecule has 0 unspecified atom stereocenters. The molecule has 4 aliphatic rings. The Morgan fingerprint density at radius 1 is 1.04 bits per heavy atom. The van der Waals surface area contributed by atoms with Gasteiger partial charge in [0.2, 0.25) is 17.8 Å². The summed E-state index contributed by atoms with van der Waals surface area (Å²) in [5.74, 6) is -2.87. The molecule has 3 aliphatic heterocycles. The molecule has 51 heavy (non-hydrogen) atoms. The normalized spacial score (nSPS) is 21.0. The van der Waals surface area contributed by atoms with Crippen LogP contribution in [0.25, 0.3) is 0 Å². The van der Waals surface area contributed by atoms with E-state index in [9.17, 15) is 31.5 Å². The molecule has 0 spiro atoms. The van der Waals surface area contributed by atoms with Crippen molar-refractivity contribution in [2.45, 2.75) is 69.3 Å². The van der Waals surface area contributed by atoms with Gasteiger partial charge in [0.25, 0.3) is 0 Å². The topological polar surface area (TPSA) is 109 Å². The van der Waals surface area contributed by atoms with Gasteiger partial charge in [0.05, 0.1) is 30.7 Å². The lowest BCUT2D eigenvalue weighted by Crippen LogP contribution is -2.55. The lowest BCUT2D eigenvalue weighted by molar-refractivity contribution is -0.141. The van der Waals surface area contributed by atoms with Gasteiger partial charge in [-0.25, -0.2) is 18.6 Å². The third-order valence-electron chi connectivity index (χ3n) is 10.2. The molecule has 2 N–H and O–H groups in total. The van der Waals surface area contributed by atoms with Crippen LogP contribution in [-0.2, 0) is 11.3 Å². The maximum Gasteiger partial charge on any atom is 0.406 e. The van der Waals surface area contributed by atoms with Crippen LogP contribution in [0.1, 0.15) is 44.1 Å². The summed E-state index contributed by atoms with van der Waals surface area (Å²) in [6.45, 7) is 7.38. The van der Waals surface area contributed by atoms with Crippen LogP contribution >= 0.6 is 0 Å². The number of piperazine rings is 1. The molecule has 1 aliphatic carbocycles. The van der Waals surface area contributed by atoms with E-state index in [0.29, 0.717) is 28.1 Å². The predicted octanol–water partition coefficient (Wildman–Crippen LogP) is 5.45. The lowest BCUT2D eigenvalue weighted by Gasteiger charge is -2.43. The molecule has 0 atom stereocenters. The first-order valence-corrected chi connectivity index (χ1v) is 17.2. The summed E-state index contributed by atoms with van der Waals surface area (Å²) in [4.78, 5) is 43.8. The van der Waals surface area contributed by atoms with Crippen LogP contribution in [0.15, 0.2) is 31.0 Å². The van der Waals surface area contributed by atoms with E-state index in [0.717, 1.165) is 62.7 Å². The number of carbonyl (C=O) groups is 2. The van der Waals surface area contributed by atoms with Crippen LogP contribution in [0.5, 0.6) is 5.75 Å². The zero-order valence-electron chi connectivity index (χ0n) is 28.8. The smallest absolute Gasteiger partial charge is 0.406 e. The predicted molar refractivity (Wildman–Crippen MR) is 183 cm³/mol. The summed E-state index contributed by atoms with van der Waals surface area (Å²) < 4.78 is 74.1. The molecular weight excluding hydrogens is 677 g/mol. The maximum absolute atomic E-state index is 14.1. The largest absolute Gasteiger partial charge is 0.494 e. The van der Waals surface area contributed by atoms with Crippen molar-refractivity contribution in [3.05, 3.63) is 36.5 Å². The van der Waals surface area contributed by atoms with Gasteiger partial charge in [0.1, 0.15) is 18.1 Å². The second-order valence-electron chi connectivity index (χ2n) is 13.7. The number of fused-ring (bicyclic) bond motifs is 1. The number of nitrogens with one attached hydrogen (secondary N) is 2. The molecule has 3 amide bonds. The minimum absolute atomic E-state index is 0.00278. The second-order valence-corrected chi connectivity index (χ2v) is 13.7. The van der Waals surface area contributed by atoms with Gasteiger partial charge in [-0.2, -0.15) is 18.2 Å². The number of rotatable bonds is 9. The number of piperidine rings is 1. The van der Waals surface area contributed by atoms with Gasteiger partial charge in [0, 0.05) is 82.0 Å². The highest BCUT2D eigenvalue weighted by Crippen LogP contribution is 2.42. The molecule has 2 saturated heterocycles.